The van der Waals surface area contributed by atoms with Crippen molar-refractivity contribution >= 4 is 46.7 Å². The number of carbonyl (C=O) groups is 2. The lowest BCUT2D eigenvalue weighted by Gasteiger charge is -2.08. The molecule has 0 aromatic heterocycles. The number of nitrogens with one attached hydrogen (secondary N) is 2. The average Bonchev–Trinajstić information content (AvgIpc) is 2.79. The molecule has 0 atom stereocenters. The number of benzene rings is 3. The molecule has 0 fully saturated rings. The van der Waals surface area contributed by atoms with Gasteiger partial charge in [-0.15, -0.1) is 11.8 Å². The Morgan fingerprint density at radius 1 is 1.00 bits per heavy atom. The van der Waals surface area contributed by atoms with Gasteiger partial charge in [0, 0.05) is 28.8 Å². The van der Waals surface area contributed by atoms with Gasteiger partial charge in [0.15, 0.2) is 0 Å². The number of nitro benzene ring substituents is 1. The van der Waals surface area contributed by atoms with Crippen LogP contribution in [-0.4, -0.2) is 22.5 Å². The van der Waals surface area contributed by atoms with Crippen LogP contribution in [0.25, 0.3) is 6.08 Å². The second-order valence-electron chi connectivity index (χ2n) is 6.85. The maximum absolute atomic E-state index is 12.3. The Hall–Kier alpha value is -3.91. The van der Waals surface area contributed by atoms with E-state index in [1.807, 2.05) is 42.5 Å². The molecule has 0 unspecified atom stereocenters. The molecule has 32 heavy (non-hydrogen) atoms. The minimum Gasteiger partial charge on any atom is -0.325 e. The maximum atomic E-state index is 12.3. The van der Waals surface area contributed by atoms with Crippen molar-refractivity contribution in [3.05, 3.63) is 100 Å². The number of anilines is 2. The van der Waals surface area contributed by atoms with Crippen LogP contribution in [0.5, 0.6) is 0 Å². The third-order valence-electron chi connectivity index (χ3n) is 4.42. The highest BCUT2D eigenvalue weighted by Crippen LogP contribution is 2.24. The number of aryl methyl sites for hydroxylation is 1. The van der Waals surface area contributed by atoms with Crippen molar-refractivity contribution in [3.63, 3.8) is 0 Å². The van der Waals surface area contributed by atoms with Crippen LogP contribution in [0.3, 0.4) is 0 Å². The highest BCUT2D eigenvalue weighted by molar-refractivity contribution is 8.00. The van der Waals surface area contributed by atoms with Gasteiger partial charge in [-0.05, 0) is 48.4 Å². The molecule has 0 saturated carbocycles. The molecular formula is C24H21N3O4S. The second-order valence-corrected chi connectivity index (χ2v) is 7.90. The molecule has 7 nitrogen and oxygen atoms in total. The van der Waals surface area contributed by atoms with E-state index in [4.69, 9.17) is 0 Å². The van der Waals surface area contributed by atoms with Crippen molar-refractivity contribution in [2.75, 3.05) is 16.4 Å². The number of hydrogen-bond acceptors (Lipinski definition) is 5. The molecule has 2 N–H and O–H groups in total. The van der Waals surface area contributed by atoms with Crippen LogP contribution >= 0.6 is 11.8 Å². The van der Waals surface area contributed by atoms with Crippen molar-refractivity contribution in [2.45, 2.75) is 11.8 Å². The number of rotatable bonds is 8. The molecule has 0 saturated heterocycles. The molecule has 3 aromatic carbocycles. The van der Waals surface area contributed by atoms with Gasteiger partial charge in [-0.3, -0.25) is 19.7 Å². The SMILES string of the molecule is Cc1ccc([N+](=O)[O-])cc1NC(=O)CSc1ccc(NC(=O)/C=C/c2ccccc2)cc1. The first-order valence-electron chi connectivity index (χ1n) is 9.72. The fourth-order valence-electron chi connectivity index (χ4n) is 2.75. The van der Waals surface area contributed by atoms with Gasteiger partial charge in [-0.25, -0.2) is 0 Å². The molecule has 0 bridgehead atoms. The zero-order valence-electron chi connectivity index (χ0n) is 17.3. The van der Waals surface area contributed by atoms with E-state index >= 15 is 0 Å². The van der Waals surface area contributed by atoms with Crippen LogP contribution < -0.4 is 10.6 Å². The fraction of sp³-hybridized carbons (Fsp3) is 0.0833. The Bertz CT molecular complexity index is 1150. The van der Waals surface area contributed by atoms with E-state index in [-0.39, 0.29) is 23.3 Å². The van der Waals surface area contributed by atoms with Crippen LogP contribution in [0.4, 0.5) is 17.1 Å². The average molecular weight is 448 g/mol. The molecule has 0 radical (unpaired) electrons. The van der Waals surface area contributed by atoms with Crippen LogP contribution in [0.1, 0.15) is 11.1 Å². The largest absolute Gasteiger partial charge is 0.325 e. The van der Waals surface area contributed by atoms with Gasteiger partial charge in [-0.1, -0.05) is 36.4 Å². The number of thioether (sulfide) groups is 1. The molecule has 3 aromatic rings. The third kappa shape index (κ3) is 6.82. The first-order chi connectivity index (χ1) is 15.4. The monoisotopic (exact) mass is 447 g/mol. The fourth-order valence-corrected chi connectivity index (χ4v) is 3.45. The molecular weight excluding hydrogens is 426 g/mol. The van der Waals surface area contributed by atoms with Gasteiger partial charge in [0.1, 0.15) is 0 Å². The Labute approximate surface area is 189 Å². The number of amides is 2. The smallest absolute Gasteiger partial charge is 0.271 e. The summed E-state index contributed by atoms with van der Waals surface area (Å²) in [5, 5.41) is 16.4. The summed E-state index contributed by atoms with van der Waals surface area (Å²) in [5.74, 6) is -0.351. The summed E-state index contributed by atoms with van der Waals surface area (Å²) >= 11 is 1.33. The summed E-state index contributed by atoms with van der Waals surface area (Å²) in [4.78, 5) is 35.6. The van der Waals surface area contributed by atoms with Gasteiger partial charge in [0.05, 0.1) is 16.4 Å². The maximum Gasteiger partial charge on any atom is 0.271 e. The van der Waals surface area contributed by atoms with Crippen molar-refractivity contribution < 1.29 is 14.5 Å². The summed E-state index contributed by atoms with van der Waals surface area (Å²) in [6, 6.07) is 21.0. The molecule has 8 heteroatoms. The van der Waals surface area contributed by atoms with Crippen molar-refractivity contribution in [3.8, 4) is 0 Å². The topological polar surface area (TPSA) is 101 Å². The van der Waals surface area contributed by atoms with Crippen molar-refractivity contribution in [1.82, 2.24) is 0 Å². The number of nitrogens with zero attached hydrogens (tertiary/aromatic N) is 1. The standard InChI is InChI=1S/C24H21N3O4S/c1-17-7-11-20(27(30)31)15-22(17)26-24(29)16-32-21-12-9-19(10-13-21)25-23(28)14-8-18-5-3-2-4-6-18/h2-15H,16H2,1H3,(H,25,28)(H,26,29)/b14-8+. The number of nitro groups is 1. The van der Waals surface area contributed by atoms with Crippen LogP contribution in [-0.2, 0) is 9.59 Å². The summed E-state index contributed by atoms with van der Waals surface area (Å²) in [6.45, 7) is 1.77. The third-order valence-corrected chi connectivity index (χ3v) is 5.44. The van der Waals surface area contributed by atoms with Crippen LogP contribution in [0, 0.1) is 17.0 Å². The molecule has 162 valence electrons. The van der Waals surface area contributed by atoms with Crippen LogP contribution in [0.2, 0.25) is 0 Å². The Balaban J connectivity index is 1.50. The molecule has 0 aliphatic heterocycles. The normalized spacial score (nSPS) is 10.7. The van der Waals surface area contributed by atoms with E-state index < -0.39 is 4.92 Å². The molecule has 3 rings (SSSR count). The molecule has 0 aliphatic rings. The summed E-state index contributed by atoms with van der Waals surface area (Å²) in [7, 11) is 0. The van der Waals surface area contributed by atoms with E-state index in [0.29, 0.717) is 11.4 Å². The molecule has 2 amide bonds. The van der Waals surface area contributed by atoms with Gasteiger partial charge in [0.2, 0.25) is 11.8 Å². The Morgan fingerprint density at radius 3 is 2.41 bits per heavy atom. The van der Waals surface area contributed by atoms with Crippen molar-refractivity contribution in [2.24, 2.45) is 0 Å². The van der Waals surface area contributed by atoms with Gasteiger partial charge < -0.3 is 10.6 Å². The molecule has 0 aliphatic carbocycles. The second kappa shape index (κ2) is 10.9. The van der Waals surface area contributed by atoms with E-state index in [0.717, 1.165) is 16.0 Å². The first kappa shape index (κ1) is 22.8. The number of non-ortho nitro benzene ring substituents is 1. The minimum absolute atomic E-state index is 0.0743. The predicted octanol–water partition coefficient (Wildman–Crippen LogP) is 5.29. The highest BCUT2D eigenvalue weighted by Gasteiger charge is 2.11. The summed E-state index contributed by atoms with van der Waals surface area (Å²) in [6.07, 6.45) is 3.21. The lowest BCUT2D eigenvalue weighted by molar-refractivity contribution is -0.384. The van der Waals surface area contributed by atoms with Crippen molar-refractivity contribution in [1.29, 1.82) is 0 Å². The van der Waals surface area contributed by atoms with E-state index in [1.165, 1.54) is 30.0 Å². The van der Waals surface area contributed by atoms with Gasteiger partial charge in [-0.2, -0.15) is 0 Å². The number of carbonyl (C=O) groups excluding carboxylic acids is 2. The van der Waals surface area contributed by atoms with Gasteiger partial charge >= 0.3 is 0 Å². The quantitative estimate of drug-likeness (QED) is 0.212. The van der Waals surface area contributed by atoms with E-state index in [2.05, 4.69) is 10.6 Å². The zero-order valence-corrected chi connectivity index (χ0v) is 18.1. The molecule has 0 spiro atoms. The Kier molecular flexibility index (Phi) is 7.77. The predicted molar refractivity (Wildman–Crippen MR) is 128 cm³/mol. The zero-order chi connectivity index (χ0) is 22.9. The Morgan fingerprint density at radius 2 is 1.72 bits per heavy atom. The lowest BCUT2D eigenvalue weighted by Crippen LogP contribution is -2.15. The van der Waals surface area contributed by atoms with E-state index in [9.17, 15) is 19.7 Å². The lowest BCUT2D eigenvalue weighted by atomic mass is 10.2. The van der Waals surface area contributed by atoms with Gasteiger partial charge in [0.25, 0.3) is 5.69 Å². The molecule has 0 heterocycles. The first-order valence-corrected chi connectivity index (χ1v) is 10.7. The summed E-state index contributed by atoms with van der Waals surface area (Å²) < 4.78 is 0. The minimum atomic E-state index is -0.498. The van der Waals surface area contributed by atoms with Crippen LogP contribution in [0.15, 0.2) is 83.8 Å². The summed E-state index contributed by atoms with van der Waals surface area (Å²) in [5.41, 5.74) is 2.68. The number of hydrogen-bond donors (Lipinski definition) is 2. The van der Waals surface area contributed by atoms with E-state index in [1.54, 1.807) is 31.2 Å². The highest BCUT2D eigenvalue weighted by atomic mass is 32.2.